The van der Waals surface area contributed by atoms with Crippen LogP contribution in [0, 0.1) is 11.8 Å². The Labute approximate surface area is 362 Å². The van der Waals surface area contributed by atoms with Gasteiger partial charge in [0.2, 0.25) is 11.8 Å². The van der Waals surface area contributed by atoms with E-state index in [0.717, 1.165) is 99.8 Å². The van der Waals surface area contributed by atoms with Crippen LogP contribution in [-0.2, 0) is 35.8 Å². The lowest BCUT2D eigenvalue weighted by Crippen LogP contribution is -2.52. The third kappa shape index (κ3) is 8.44. The third-order valence-electron chi connectivity index (χ3n) is 13.0. The van der Waals surface area contributed by atoms with E-state index in [1.807, 2.05) is 47.9 Å². The lowest BCUT2D eigenvalue weighted by molar-refractivity contribution is -0.136. The van der Waals surface area contributed by atoms with E-state index < -0.39 is 11.9 Å². The molecule has 16 heteroatoms. The second-order valence-corrected chi connectivity index (χ2v) is 17.1. The number of aryl methyl sites for hydroxylation is 1. The lowest BCUT2D eigenvalue weighted by Gasteiger charge is -2.34. The monoisotopic (exact) mass is 838 g/mol. The Hall–Kier alpha value is -6.02. The molecule has 16 nitrogen and oxygen atoms in total. The molecule has 0 aliphatic carbocycles. The number of piperidine rings is 1. The molecule has 2 atom stereocenters. The molecule has 0 radical (unpaired) electrons. The van der Waals surface area contributed by atoms with Gasteiger partial charge in [0.1, 0.15) is 29.7 Å². The van der Waals surface area contributed by atoms with Crippen LogP contribution in [0.25, 0.3) is 11.5 Å². The number of nitrogens with zero attached hydrogens (tertiary/aromatic N) is 11. The number of pyridine rings is 2. The molecule has 1 aromatic carbocycles. The molecular formula is C46H54N12O4. The molecular weight excluding hydrogens is 785 g/mol. The first-order chi connectivity index (χ1) is 30.1. The second kappa shape index (κ2) is 17.8. The van der Waals surface area contributed by atoms with Crippen LogP contribution in [0.4, 0.5) is 11.6 Å². The van der Waals surface area contributed by atoms with Crippen molar-refractivity contribution >= 4 is 35.3 Å². The summed E-state index contributed by atoms with van der Waals surface area (Å²) in [6.45, 7) is 13.8. The van der Waals surface area contributed by atoms with Gasteiger partial charge < -0.3 is 24.2 Å². The molecule has 3 fully saturated rings. The van der Waals surface area contributed by atoms with E-state index in [2.05, 4.69) is 60.9 Å². The number of piperazine rings is 1. The number of imide groups is 1. The number of nitrogens with one attached hydrogen (secondary N) is 1. The van der Waals surface area contributed by atoms with Crippen molar-refractivity contribution in [2.75, 3.05) is 69.2 Å². The molecule has 0 bridgehead atoms. The fourth-order valence-corrected chi connectivity index (χ4v) is 9.45. The maximum absolute atomic E-state index is 14.2. The van der Waals surface area contributed by atoms with Gasteiger partial charge >= 0.3 is 0 Å². The van der Waals surface area contributed by atoms with Crippen LogP contribution in [0.1, 0.15) is 89.1 Å². The molecule has 3 saturated heterocycles. The highest BCUT2D eigenvalue weighted by atomic mass is 16.2. The fourth-order valence-electron chi connectivity index (χ4n) is 9.45. The minimum atomic E-state index is -0.623. The van der Waals surface area contributed by atoms with Crippen LogP contribution in [0.15, 0.2) is 48.8 Å². The minimum Gasteiger partial charge on any atom is -0.354 e. The van der Waals surface area contributed by atoms with E-state index in [1.165, 1.54) is 0 Å². The number of carbonyl (C=O) groups is 4. The van der Waals surface area contributed by atoms with Crippen molar-refractivity contribution in [3.63, 3.8) is 0 Å². The van der Waals surface area contributed by atoms with E-state index in [0.29, 0.717) is 67.1 Å². The second-order valence-electron chi connectivity index (χ2n) is 17.1. The van der Waals surface area contributed by atoms with Gasteiger partial charge in [-0.15, -0.1) is 10.2 Å². The largest absolute Gasteiger partial charge is 0.354 e. The summed E-state index contributed by atoms with van der Waals surface area (Å²) in [5, 5.41) is 10.7. The predicted molar refractivity (Wildman–Crippen MR) is 233 cm³/mol. The van der Waals surface area contributed by atoms with Gasteiger partial charge in [-0.25, -0.2) is 9.97 Å². The molecule has 1 N–H and O–H groups in total. The van der Waals surface area contributed by atoms with Gasteiger partial charge in [-0.1, -0.05) is 17.9 Å². The zero-order valence-electron chi connectivity index (χ0n) is 35.8. The number of amides is 4. The molecule has 4 amide bonds. The van der Waals surface area contributed by atoms with Crippen LogP contribution in [-0.4, -0.2) is 139 Å². The van der Waals surface area contributed by atoms with Gasteiger partial charge in [-0.2, -0.15) is 0 Å². The lowest BCUT2D eigenvalue weighted by atomic mass is 10.0. The van der Waals surface area contributed by atoms with Crippen molar-refractivity contribution in [3.05, 3.63) is 82.3 Å². The first kappa shape index (κ1) is 41.3. The normalized spacial score (nSPS) is 20.5. The average molecular weight is 839 g/mol. The Morgan fingerprint density at radius 3 is 2.52 bits per heavy atom. The summed E-state index contributed by atoms with van der Waals surface area (Å²) >= 11 is 0. The van der Waals surface area contributed by atoms with Gasteiger partial charge in [0.25, 0.3) is 11.8 Å². The molecule has 0 spiro atoms. The first-order valence-corrected chi connectivity index (χ1v) is 22.0. The van der Waals surface area contributed by atoms with Gasteiger partial charge in [-0.05, 0) is 102 Å². The number of hydrogen-bond acceptors (Lipinski definition) is 12. The van der Waals surface area contributed by atoms with Crippen LogP contribution in [0.5, 0.6) is 0 Å². The quantitative estimate of drug-likeness (QED) is 0.165. The van der Waals surface area contributed by atoms with Crippen LogP contribution >= 0.6 is 0 Å². The summed E-state index contributed by atoms with van der Waals surface area (Å²) in [6, 6.07) is 13.1. The van der Waals surface area contributed by atoms with Crippen molar-refractivity contribution < 1.29 is 19.2 Å². The first-order valence-electron chi connectivity index (χ1n) is 22.0. The molecule has 5 aliphatic rings. The van der Waals surface area contributed by atoms with E-state index >= 15 is 0 Å². The number of fused-ring (bicyclic) bond motifs is 2. The average Bonchev–Trinajstić information content (AvgIpc) is 4.07. The zero-order valence-corrected chi connectivity index (χ0v) is 35.8. The standard InChI is InChI=1S/C46H54N12O4/c1-4-55-30-47-51-43(55)37-11-5-12-40(48-37)58-28-36-35(46(58)62)26-41(56-20-6-9-31(56)2)49-38(36)29-52(3)17-8-19-54-23-21-53(22-24-54)18-7-10-32-13-14-34-33(25-32)27-57(45(34)61)39-15-16-42(59)50-44(39)60/h5,11-14,25-26,30-31,39H,4,6,8-9,15-24,27-29H2,1-3H3,(H,50,59,60)/t31-,39?/m1/s1. The third-order valence-corrected chi connectivity index (χ3v) is 13.0. The predicted octanol–water partition coefficient (Wildman–Crippen LogP) is 3.16. The summed E-state index contributed by atoms with van der Waals surface area (Å²) in [5.74, 6) is 7.85. The summed E-state index contributed by atoms with van der Waals surface area (Å²) in [5.41, 5.74) is 5.63. The SMILES string of the molecule is CCn1cnnc1-c1cccc(N2Cc3c(cc(N4CCC[C@H]4C)nc3CN(C)CCCN3CCN(CC#Cc4ccc5c(c4)CN(C4CCC(=O)NC4=O)C5=O)CC3)C2=O)n1. The molecule has 62 heavy (non-hydrogen) atoms. The van der Waals surface area contributed by atoms with Crippen molar-refractivity contribution in [3.8, 4) is 23.4 Å². The Balaban J connectivity index is 0.775. The Morgan fingerprint density at radius 1 is 0.887 bits per heavy atom. The Bertz CT molecular complexity index is 2450. The van der Waals surface area contributed by atoms with E-state index in [-0.39, 0.29) is 24.1 Å². The number of benzene rings is 1. The molecule has 3 aromatic heterocycles. The van der Waals surface area contributed by atoms with Crippen molar-refractivity contribution in [2.24, 2.45) is 0 Å². The van der Waals surface area contributed by atoms with Gasteiger partial charge in [-0.3, -0.25) is 34.3 Å². The minimum absolute atomic E-state index is 0.0489. The number of hydrogen-bond donors (Lipinski definition) is 1. The van der Waals surface area contributed by atoms with Gasteiger partial charge in [0, 0.05) is 81.5 Å². The molecule has 9 rings (SSSR count). The van der Waals surface area contributed by atoms with Gasteiger partial charge in [0.05, 0.1) is 24.3 Å². The fraction of sp³-hybridized carbons (Fsp3) is 0.478. The van der Waals surface area contributed by atoms with E-state index in [4.69, 9.17) is 9.97 Å². The Kier molecular flexibility index (Phi) is 11.8. The Morgan fingerprint density at radius 2 is 1.73 bits per heavy atom. The molecule has 0 saturated carbocycles. The number of carbonyl (C=O) groups excluding carboxylic acids is 4. The molecule has 8 heterocycles. The van der Waals surface area contributed by atoms with Crippen molar-refractivity contribution in [1.29, 1.82) is 0 Å². The zero-order chi connectivity index (χ0) is 42.9. The highest BCUT2D eigenvalue weighted by Gasteiger charge is 2.39. The van der Waals surface area contributed by atoms with Crippen molar-refractivity contribution in [1.82, 2.24) is 49.6 Å². The molecule has 4 aromatic rings. The number of aromatic nitrogens is 5. The highest BCUT2D eigenvalue weighted by molar-refractivity contribution is 6.10. The van der Waals surface area contributed by atoms with Gasteiger partial charge in [0.15, 0.2) is 5.82 Å². The molecule has 322 valence electrons. The van der Waals surface area contributed by atoms with Crippen LogP contribution < -0.4 is 15.1 Å². The molecule has 1 unspecified atom stereocenters. The summed E-state index contributed by atoms with van der Waals surface area (Å²) in [6.07, 6.45) is 5.53. The number of rotatable bonds is 12. The summed E-state index contributed by atoms with van der Waals surface area (Å²) in [4.78, 5) is 74.3. The topological polar surface area (TPSA) is 156 Å². The maximum atomic E-state index is 14.2. The highest BCUT2D eigenvalue weighted by Crippen LogP contribution is 2.35. The smallest absolute Gasteiger partial charge is 0.260 e. The van der Waals surface area contributed by atoms with E-state index in [1.54, 1.807) is 22.2 Å². The maximum Gasteiger partial charge on any atom is 0.260 e. The molecule has 5 aliphatic heterocycles. The van der Waals surface area contributed by atoms with Crippen molar-refractivity contribution in [2.45, 2.75) is 84.2 Å². The van der Waals surface area contributed by atoms with Crippen LogP contribution in [0.3, 0.4) is 0 Å². The van der Waals surface area contributed by atoms with E-state index in [9.17, 15) is 19.2 Å². The summed E-state index contributed by atoms with van der Waals surface area (Å²) in [7, 11) is 2.15. The van der Waals surface area contributed by atoms with Crippen LogP contribution in [0.2, 0.25) is 0 Å². The summed E-state index contributed by atoms with van der Waals surface area (Å²) < 4.78 is 1.94. The number of anilines is 2.